The average molecular weight is 193 g/mol. The summed E-state index contributed by atoms with van der Waals surface area (Å²) in [6.07, 6.45) is 0. The minimum atomic E-state index is 0.567. The first kappa shape index (κ1) is 8.66. The maximum absolute atomic E-state index is 5.53. The van der Waals surface area contributed by atoms with E-state index in [9.17, 15) is 0 Å². The van der Waals surface area contributed by atoms with E-state index >= 15 is 0 Å². The van der Waals surface area contributed by atoms with Crippen LogP contribution in [-0.2, 0) is 12.3 Å². The molecule has 0 unspecified atom stereocenters. The SMILES string of the molecule is NCc1ccc2oc(CS)cc2c1. The molecule has 0 aliphatic rings. The fraction of sp³-hybridized carbons (Fsp3) is 0.200. The molecule has 0 radical (unpaired) electrons. The number of hydrogen-bond acceptors (Lipinski definition) is 3. The Morgan fingerprint density at radius 3 is 2.85 bits per heavy atom. The molecule has 1 aromatic carbocycles. The Hall–Kier alpha value is -0.930. The number of thiol groups is 1. The molecule has 0 spiro atoms. The van der Waals surface area contributed by atoms with E-state index in [0.29, 0.717) is 12.3 Å². The Kier molecular flexibility index (Phi) is 2.29. The van der Waals surface area contributed by atoms with Crippen LogP contribution in [0.3, 0.4) is 0 Å². The van der Waals surface area contributed by atoms with Crippen LogP contribution in [-0.4, -0.2) is 0 Å². The average Bonchev–Trinajstić information content (AvgIpc) is 2.58. The van der Waals surface area contributed by atoms with Crippen LogP contribution in [0.4, 0.5) is 0 Å². The molecule has 3 heteroatoms. The molecule has 0 fully saturated rings. The molecular weight excluding hydrogens is 182 g/mol. The molecule has 2 rings (SSSR count). The van der Waals surface area contributed by atoms with Crippen LogP contribution in [0.2, 0.25) is 0 Å². The van der Waals surface area contributed by atoms with Gasteiger partial charge in [0.1, 0.15) is 11.3 Å². The lowest BCUT2D eigenvalue weighted by atomic mass is 10.1. The summed E-state index contributed by atoms with van der Waals surface area (Å²) in [4.78, 5) is 0. The van der Waals surface area contributed by atoms with E-state index in [2.05, 4.69) is 12.6 Å². The molecule has 0 saturated heterocycles. The van der Waals surface area contributed by atoms with Gasteiger partial charge in [0.25, 0.3) is 0 Å². The maximum atomic E-state index is 5.53. The minimum absolute atomic E-state index is 0.567. The van der Waals surface area contributed by atoms with Crippen LogP contribution in [0, 0.1) is 0 Å². The molecule has 1 aromatic heterocycles. The van der Waals surface area contributed by atoms with Gasteiger partial charge < -0.3 is 10.2 Å². The third-order valence-corrected chi connectivity index (χ3v) is 2.33. The van der Waals surface area contributed by atoms with Crippen molar-refractivity contribution in [2.75, 3.05) is 0 Å². The Labute approximate surface area is 82.1 Å². The standard InChI is InChI=1S/C10H11NOS/c11-5-7-1-2-10-8(3-7)4-9(6-13)12-10/h1-4,13H,5-6,11H2. The largest absolute Gasteiger partial charge is 0.460 e. The Morgan fingerprint density at radius 2 is 2.15 bits per heavy atom. The summed E-state index contributed by atoms with van der Waals surface area (Å²) in [7, 11) is 0. The second-order valence-electron chi connectivity index (χ2n) is 2.95. The van der Waals surface area contributed by atoms with Gasteiger partial charge in [-0.1, -0.05) is 6.07 Å². The first-order chi connectivity index (χ1) is 6.33. The zero-order valence-electron chi connectivity index (χ0n) is 7.16. The highest BCUT2D eigenvalue weighted by Gasteiger charge is 2.02. The first-order valence-corrected chi connectivity index (χ1v) is 4.79. The molecule has 0 atom stereocenters. The quantitative estimate of drug-likeness (QED) is 0.718. The van der Waals surface area contributed by atoms with Gasteiger partial charge in [-0.15, -0.1) is 0 Å². The van der Waals surface area contributed by atoms with Crippen molar-refractivity contribution in [2.24, 2.45) is 5.73 Å². The molecule has 0 amide bonds. The summed E-state index contributed by atoms with van der Waals surface area (Å²) < 4.78 is 5.50. The van der Waals surface area contributed by atoms with Crippen LogP contribution >= 0.6 is 12.6 Å². The van der Waals surface area contributed by atoms with E-state index in [1.807, 2.05) is 24.3 Å². The van der Waals surface area contributed by atoms with Gasteiger partial charge in [-0.25, -0.2) is 0 Å². The second kappa shape index (κ2) is 3.44. The highest BCUT2D eigenvalue weighted by molar-refractivity contribution is 7.79. The van der Waals surface area contributed by atoms with E-state index in [-0.39, 0.29) is 0 Å². The fourth-order valence-electron chi connectivity index (χ4n) is 1.35. The highest BCUT2D eigenvalue weighted by atomic mass is 32.1. The van der Waals surface area contributed by atoms with E-state index in [1.54, 1.807) is 0 Å². The lowest BCUT2D eigenvalue weighted by Gasteiger charge is -1.93. The topological polar surface area (TPSA) is 39.2 Å². The molecule has 13 heavy (non-hydrogen) atoms. The summed E-state index contributed by atoms with van der Waals surface area (Å²) in [6, 6.07) is 7.98. The molecule has 0 aliphatic heterocycles. The third-order valence-electron chi connectivity index (χ3n) is 2.02. The molecule has 68 valence electrons. The lowest BCUT2D eigenvalue weighted by molar-refractivity contribution is 0.574. The summed E-state index contributed by atoms with van der Waals surface area (Å²) in [5, 5.41) is 1.10. The molecule has 2 N–H and O–H groups in total. The van der Waals surface area contributed by atoms with Crippen molar-refractivity contribution in [1.29, 1.82) is 0 Å². The number of furan rings is 1. The van der Waals surface area contributed by atoms with Crippen molar-refractivity contribution in [3.8, 4) is 0 Å². The van der Waals surface area contributed by atoms with Crippen molar-refractivity contribution in [3.05, 3.63) is 35.6 Å². The summed E-state index contributed by atoms with van der Waals surface area (Å²) in [6.45, 7) is 0.567. The van der Waals surface area contributed by atoms with Crippen molar-refractivity contribution < 1.29 is 4.42 Å². The van der Waals surface area contributed by atoms with E-state index in [0.717, 1.165) is 22.3 Å². The van der Waals surface area contributed by atoms with Crippen LogP contribution in [0.5, 0.6) is 0 Å². The highest BCUT2D eigenvalue weighted by Crippen LogP contribution is 2.21. The van der Waals surface area contributed by atoms with Crippen LogP contribution in [0.25, 0.3) is 11.0 Å². The predicted octanol–water partition coefficient (Wildman–Crippen LogP) is 2.32. The van der Waals surface area contributed by atoms with E-state index < -0.39 is 0 Å². The van der Waals surface area contributed by atoms with E-state index in [4.69, 9.17) is 10.2 Å². The first-order valence-electron chi connectivity index (χ1n) is 4.16. The molecule has 1 heterocycles. The summed E-state index contributed by atoms with van der Waals surface area (Å²) >= 11 is 4.15. The van der Waals surface area contributed by atoms with Gasteiger partial charge in [0.15, 0.2) is 0 Å². The lowest BCUT2D eigenvalue weighted by Crippen LogP contribution is -1.94. The molecule has 2 nitrogen and oxygen atoms in total. The van der Waals surface area contributed by atoms with Gasteiger partial charge in [0.05, 0.1) is 0 Å². The number of hydrogen-bond donors (Lipinski definition) is 2. The Morgan fingerprint density at radius 1 is 1.31 bits per heavy atom. The van der Waals surface area contributed by atoms with Crippen molar-refractivity contribution >= 4 is 23.6 Å². The normalized spacial score (nSPS) is 10.9. The maximum Gasteiger partial charge on any atom is 0.134 e. The van der Waals surface area contributed by atoms with Gasteiger partial charge in [0, 0.05) is 17.7 Å². The summed E-state index contributed by atoms with van der Waals surface area (Å²) in [5.41, 5.74) is 7.56. The zero-order chi connectivity index (χ0) is 9.26. The van der Waals surface area contributed by atoms with E-state index in [1.165, 1.54) is 0 Å². The van der Waals surface area contributed by atoms with Crippen molar-refractivity contribution in [2.45, 2.75) is 12.3 Å². The number of benzene rings is 1. The van der Waals surface area contributed by atoms with Gasteiger partial charge >= 0.3 is 0 Å². The summed E-state index contributed by atoms with van der Waals surface area (Å²) in [5.74, 6) is 1.53. The van der Waals surface area contributed by atoms with Gasteiger partial charge in [-0.05, 0) is 23.8 Å². The van der Waals surface area contributed by atoms with Crippen LogP contribution in [0.1, 0.15) is 11.3 Å². The fourth-order valence-corrected chi connectivity index (χ4v) is 1.51. The van der Waals surface area contributed by atoms with Crippen LogP contribution < -0.4 is 5.73 Å². The molecule has 0 aliphatic carbocycles. The second-order valence-corrected chi connectivity index (χ2v) is 3.26. The monoisotopic (exact) mass is 193 g/mol. The third kappa shape index (κ3) is 1.57. The van der Waals surface area contributed by atoms with Gasteiger partial charge in [-0.2, -0.15) is 12.6 Å². The van der Waals surface area contributed by atoms with Crippen molar-refractivity contribution in [3.63, 3.8) is 0 Å². The van der Waals surface area contributed by atoms with Crippen molar-refractivity contribution in [1.82, 2.24) is 0 Å². The number of nitrogens with two attached hydrogens (primary N) is 1. The molecular formula is C10H11NOS. The van der Waals surface area contributed by atoms with Gasteiger partial charge in [-0.3, -0.25) is 0 Å². The molecule has 2 aromatic rings. The Balaban J connectivity index is 2.57. The number of fused-ring (bicyclic) bond motifs is 1. The number of rotatable bonds is 2. The molecule has 0 saturated carbocycles. The zero-order valence-corrected chi connectivity index (χ0v) is 8.05. The Bertz CT molecular complexity index is 420. The molecule has 0 bridgehead atoms. The smallest absolute Gasteiger partial charge is 0.134 e. The van der Waals surface area contributed by atoms with Gasteiger partial charge in [0.2, 0.25) is 0 Å². The minimum Gasteiger partial charge on any atom is -0.460 e. The van der Waals surface area contributed by atoms with Crippen LogP contribution in [0.15, 0.2) is 28.7 Å². The predicted molar refractivity (Wildman–Crippen MR) is 56.8 cm³/mol.